The topological polar surface area (TPSA) is 58.4 Å². The highest BCUT2D eigenvalue weighted by molar-refractivity contribution is 5.62. The molecule has 0 aromatic heterocycles. The van der Waals surface area contributed by atoms with Gasteiger partial charge in [-0.1, -0.05) is 13.0 Å². The van der Waals surface area contributed by atoms with Crippen LogP contribution in [-0.2, 0) is 6.54 Å². The molecular formula is C15H23N3O2. The van der Waals surface area contributed by atoms with E-state index in [0.717, 1.165) is 30.5 Å². The standard InChI is InChI=1S/C15H23N3O2/c1-4-16-14-6-5-12(8-15(14)18(19)20)9-17(3)10-13-7-11(13)2/h5-6,8,11,13,16H,4,7,9-10H2,1-3H3. The Morgan fingerprint density at radius 1 is 1.50 bits per heavy atom. The maximum Gasteiger partial charge on any atom is 0.292 e. The van der Waals surface area contributed by atoms with E-state index in [1.165, 1.54) is 6.42 Å². The van der Waals surface area contributed by atoms with E-state index in [9.17, 15) is 10.1 Å². The molecule has 0 spiro atoms. The van der Waals surface area contributed by atoms with Crippen molar-refractivity contribution in [2.24, 2.45) is 11.8 Å². The maximum atomic E-state index is 11.1. The number of benzene rings is 1. The Morgan fingerprint density at radius 3 is 2.75 bits per heavy atom. The van der Waals surface area contributed by atoms with Gasteiger partial charge in [-0.05, 0) is 43.9 Å². The average molecular weight is 277 g/mol. The Morgan fingerprint density at radius 2 is 2.20 bits per heavy atom. The van der Waals surface area contributed by atoms with Crippen molar-refractivity contribution in [1.82, 2.24) is 4.90 Å². The summed E-state index contributed by atoms with van der Waals surface area (Å²) in [5.41, 5.74) is 1.76. The fraction of sp³-hybridized carbons (Fsp3) is 0.600. The molecule has 0 saturated heterocycles. The molecule has 1 aromatic rings. The van der Waals surface area contributed by atoms with Crippen LogP contribution in [0.25, 0.3) is 0 Å². The zero-order chi connectivity index (χ0) is 14.7. The normalized spacial score (nSPS) is 21.0. The quantitative estimate of drug-likeness (QED) is 0.614. The fourth-order valence-corrected chi connectivity index (χ4v) is 2.60. The van der Waals surface area contributed by atoms with Crippen molar-refractivity contribution in [3.05, 3.63) is 33.9 Å². The largest absolute Gasteiger partial charge is 0.380 e. The molecule has 5 nitrogen and oxygen atoms in total. The Balaban J connectivity index is 2.04. The second-order valence-corrected chi connectivity index (χ2v) is 5.81. The van der Waals surface area contributed by atoms with Crippen molar-refractivity contribution in [3.63, 3.8) is 0 Å². The molecule has 0 amide bonds. The van der Waals surface area contributed by atoms with Gasteiger partial charge in [-0.3, -0.25) is 10.1 Å². The minimum atomic E-state index is -0.315. The van der Waals surface area contributed by atoms with Crippen molar-refractivity contribution in [2.45, 2.75) is 26.8 Å². The molecule has 110 valence electrons. The van der Waals surface area contributed by atoms with Crippen molar-refractivity contribution < 1.29 is 4.92 Å². The summed E-state index contributed by atoms with van der Waals surface area (Å²) in [5.74, 6) is 1.64. The molecule has 1 aliphatic rings. The van der Waals surface area contributed by atoms with Gasteiger partial charge in [0.05, 0.1) is 4.92 Å². The van der Waals surface area contributed by atoms with Crippen LogP contribution in [0.4, 0.5) is 11.4 Å². The maximum absolute atomic E-state index is 11.1. The molecular weight excluding hydrogens is 254 g/mol. The van der Waals surface area contributed by atoms with Crippen molar-refractivity contribution in [1.29, 1.82) is 0 Å². The van der Waals surface area contributed by atoms with Gasteiger partial charge in [0.25, 0.3) is 5.69 Å². The van der Waals surface area contributed by atoms with Gasteiger partial charge >= 0.3 is 0 Å². The lowest BCUT2D eigenvalue weighted by Gasteiger charge is -2.17. The predicted molar refractivity (Wildman–Crippen MR) is 80.9 cm³/mol. The molecule has 0 heterocycles. The lowest BCUT2D eigenvalue weighted by Crippen LogP contribution is -2.21. The van der Waals surface area contributed by atoms with Crippen LogP contribution >= 0.6 is 0 Å². The summed E-state index contributed by atoms with van der Waals surface area (Å²) < 4.78 is 0. The van der Waals surface area contributed by atoms with Crippen LogP contribution in [0.15, 0.2) is 18.2 Å². The van der Waals surface area contributed by atoms with Crippen LogP contribution in [0.1, 0.15) is 25.8 Å². The number of hydrogen-bond acceptors (Lipinski definition) is 4. The predicted octanol–water partition coefficient (Wildman–Crippen LogP) is 3.11. The van der Waals surface area contributed by atoms with E-state index >= 15 is 0 Å². The van der Waals surface area contributed by atoms with E-state index in [2.05, 4.69) is 24.2 Å². The van der Waals surface area contributed by atoms with Crippen LogP contribution in [0.3, 0.4) is 0 Å². The van der Waals surface area contributed by atoms with Crippen molar-refractivity contribution in [3.8, 4) is 0 Å². The van der Waals surface area contributed by atoms with Gasteiger partial charge in [-0.2, -0.15) is 0 Å². The summed E-state index contributed by atoms with van der Waals surface area (Å²) in [4.78, 5) is 13.1. The first-order chi connectivity index (χ1) is 9.51. The highest BCUT2D eigenvalue weighted by atomic mass is 16.6. The van der Waals surface area contributed by atoms with E-state index in [0.29, 0.717) is 12.2 Å². The van der Waals surface area contributed by atoms with Crippen LogP contribution < -0.4 is 5.32 Å². The van der Waals surface area contributed by atoms with Gasteiger partial charge in [-0.15, -0.1) is 0 Å². The summed E-state index contributed by atoms with van der Waals surface area (Å²) >= 11 is 0. The number of nitrogens with one attached hydrogen (secondary N) is 1. The van der Waals surface area contributed by atoms with Crippen LogP contribution in [0.5, 0.6) is 0 Å². The summed E-state index contributed by atoms with van der Waals surface area (Å²) in [6.07, 6.45) is 1.31. The van der Waals surface area contributed by atoms with E-state index in [1.54, 1.807) is 6.07 Å². The molecule has 1 saturated carbocycles. The lowest BCUT2D eigenvalue weighted by molar-refractivity contribution is -0.384. The molecule has 0 bridgehead atoms. The molecule has 5 heteroatoms. The summed E-state index contributed by atoms with van der Waals surface area (Å²) in [6, 6.07) is 5.47. The SMILES string of the molecule is CCNc1ccc(CN(C)CC2CC2C)cc1[N+](=O)[O-]. The third-order valence-corrected chi connectivity index (χ3v) is 3.90. The molecule has 2 rings (SSSR count). The van der Waals surface area contributed by atoms with E-state index in [1.807, 2.05) is 19.1 Å². The van der Waals surface area contributed by atoms with Gasteiger partial charge in [0.2, 0.25) is 0 Å². The Kier molecular flexibility index (Phi) is 4.60. The second kappa shape index (κ2) is 6.22. The summed E-state index contributed by atoms with van der Waals surface area (Å²) in [5, 5.41) is 14.1. The second-order valence-electron chi connectivity index (χ2n) is 5.81. The molecule has 2 atom stereocenters. The van der Waals surface area contributed by atoms with E-state index < -0.39 is 0 Å². The Labute approximate surface area is 120 Å². The smallest absolute Gasteiger partial charge is 0.292 e. The minimum absolute atomic E-state index is 0.164. The van der Waals surface area contributed by atoms with Gasteiger partial charge in [0, 0.05) is 25.7 Å². The highest BCUT2D eigenvalue weighted by Gasteiger charge is 2.33. The zero-order valence-electron chi connectivity index (χ0n) is 12.4. The minimum Gasteiger partial charge on any atom is -0.380 e. The van der Waals surface area contributed by atoms with Crippen LogP contribution in [0.2, 0.25) is 0 Å². The Bertz CT molecular complexity index is 490. The number of hydrogen-bond donors (Lipinski definition) is 1. The fourth-order valence-electron chi connectivity index (χ4n) is 2.60. The molecule has 20 heavy (non-hydrogen) atoms. The van der Waals surface area contributed by atoms with E-state index in [-0.39, 0.29) is 10.6 Å². The third kappa shape index (κ3) is 3.70. The molecule has 1 N–H and O–H groups in total. The lowest BCUT2D eigenvalue weighted by atomic mass is 10.1. The average Bonchev–Trinajstić information content (AvgIpc) is 3.06. The number of nitrogens with zero attached hydrogens (tertiary/aromatic N) is 2. The first kappa shape index (κ1) is 14.8. The number of nitro groups is 1. The van der Waals surface area contributed by atoms with Gasteiger partial charge < -0.3 is 10.2 Å². The molecule has 0 aliphatic heterocycles. The van der Waals surface area contributed by atoms with E-state index in [4.69, 9.17) is 0 Å². The van der Waals surface area contributed by atoms with Crippen LogP contribution in [0, 0.1) is 22.0 Å². The molecule has 1 aliphatic carbocycles. The van der Waals surface area contributed by atoms with Crippen LogP contribution in [-0.4, -0.2) is 30.0 Å². The van der Waals surface area contributed by atoms with Gasteiger partial charge in [-0.25, -0.2) is 0 Å². The summed E-state index contributed by atoms with van der Waals surface area (Å²) in [7, 11) is 2.08. The monoisotopic (exact) mass is 277 g/mol. The number of anilines is 1. The highest BCUT2D eigenvalue weighted by Crippen LogP contribution is 2.38. The summed E-state index contributed by atoms with van der Waals surface area (Å²) in [6.45, 7) is 6.72. The number of rotatable bonds is 7. The van der Waals surface area contributed by atoms with Crippen molar-refractivity contribution >= 4 is 11.4 Å². The third-order valence-electron chi connectivity index (χ3n) is 3.90. The molecule has 1 fully saturated rings. The number of nitro benzene ring substituents is 1. The van der Waals surface area contributed by atoms with Gasteiger partial charge in [0.15, 0.2) is 0 Å². The first-order valence-electron chi connectivity index (χ1n) is 7.21. The molecule has 2 unspecified atom stereocenters. The molecule has 1 aromatic carbocycles. The zero-order valence-corrected chi connectivity index (χ0v) is 12.4. The Hall–Kier alpha value is -1.62. The molecule has 0 radical (unpaired) electrons. The van der Waals surface area contributed by atoms with Gasteiger partial charge in [0.1, 0.15) is 5.69 Å². The first-order valence-corrected chi connectivity index (χ1v) is 7.21. The van der Waals surface area contributed by atoms with Crippen molar-refractivity contribution in [2.75, 3.05) is 25.5 Å².